The van der Waals surface area contributed by atoms with Crippen LogP contribution in [0.3, 0.4) is 0 Å². The van der Waals surface area contributed by atoms with Crippen LogP contribution in [0.15, 0.2) is 23.1 Å². The predicted octanol–water partition coefficient (Wildman–Crippen LogP) is 1.46. The van der Waals surface area contributed by atoms with Crippen molar-refractivity contribution in [3.63, 3.8) is 0 Å². The second-order valence-electron chi connectivity index (χ2n) is 8.98. The molecule has 0 bridgehead atoms. The first-order valence-corrected chi connectivity index (χ1v) is 12.7. The first kappa shape index (κ1) is 23.7. The normalized spacial score (nSPS) is 26.5. The maximum absolute atomic E-state index is 13.1. The zero-order valence-corrected chi connectivity index (χ0v) is 19.7. The van der Waals surface area contributed by atoms with Gasteiger partial charge in [-0.05, 0) is 43.4 Å². The third-order valence-corrected chi connectivity index (χ3v) is 8.90. The molecule has 180 valence electrons. The lowest BCUT2D eigenvalue weighted by molar-refractivity contribution is -0.136. The third kappa shape index (κ3) is 4.36. The second kappa shape index (κ2) is 9.03. The number of sulfonamides is 1. The molecular formula is C22H30N4O6S. The van der Waals surface area contributed by atoms with Gasteiger partial charge in [-0.1, -0.05) is 25.8 Å². The average molecular weight is 479 g/mol. The van der Waals surface area contributed by atoms with E-state index in [4.69, 9.17) is 4.74 Å². The quantitative estimate of drug-likeness (QED) is 0.617. The van der Waals surface area contributed by atoms with Gasteiger partial charge < -0.3 is 15.4 Å². The number of amides is 4. The maximum Gasteiger partial charge on any atom is 0.325 e. The molecule has 3 fully saturated rings. The van der Waals surface area contributed by atoms with Gasteiger partial charge in [0.25, 0.3) is 5.91 Å². The Hall–Kier alpha value is -2.50. The van der Waals surface area contributed by atoms with E-state index in [1.807, 2.05) is 6.92 Å². The molecule has 2 atom stereocenters. The first-order valence-electron chi connectivity index (χ1n) is 11.3. The molecule has 2 aliphatic heterocycles. The summed E-state index contributed by atoms with van der Waals surface area (Å²) in [7, 11) is -3.74. The number of hydrogen-bond donors (Lipinski definition) is 2. The van der Waals surface area contributed by atoms with Crippen LogP contribution in [0.2, 0.25) is 0 Å². The summed E-state index contributed by atoms with van der Waals surface area (Å²) in [5.41, 5.74) is -0.0918. The first-order chi connectivity index (χ1) is 15.6. The fraction of sp³-hybridized carbons (Fsp3) is 0.591. The van der Waals surface area contributed by atoms with Crippen LogP contribution in [0, 0.1) is 12.8 Å². The fourth-order valence-electron chi connectivity index (χ4n) is 4.86. The van der Waals surface area contributed by atoms with Crippen LogP contribution < -0.4 is 10.6 Å². The molecule has 10 nitrogen and oxygen atoms in total. The van der Waals surface area contributed by atoms with Gasteiger partial charge in [-0.25, -0.2) is 13.2 Å². The summed E-state index contributed by atoms with van der Waals surface area (Å²) in [5.74, 6) is -0.937. The Labute approximate surface area is 193 Å². The van der Waals surface area contributed by atoms with Gasteiger partial charge in [0.15, 0.2) is 0 Å². The molecule has 2 heterocycles. The van der Waals surface area contributed by atoms with Gasteiger partial charge in [0, 0.05) is 18.8 Å². The predicted molar refractivity (Wildman–Crippen MR) is 120 cm³/mol. The Kier molecular flexibility index (Phi) is 6.47. The number of imide groups is 1. The molecule has 2 N–H and O–H groups in total. The monoisotopic (exact) mass is 478 g/mol. The van der Waals surface area contributed by atoms with Crippen LogP contribution in [-0.4, -0.2) is 73.9 Å². The number of benzene rings is 1. The standard InChI is InChI=1S/C22H30N4O6S/c1-15-6-7-17(13-18(15)33(30,31)25-9-11-32-12-10-25)23-19(27)14-26-20(28)22(24-21(26)29)8-4-3-5-16(22)2/h6-7,13,16H,3-5,8-12,14H2,1-2H3,(H,23,27)(H,24,29)/t16-,22-/m0/s1. The molecule has 0 unspecified atom stereocenters. The van der Waals surface area contributed by atoms with Crippen molar-refractivity contribution in [2.24, 2.45) is 5.92 Å². The highest BCUT2D eigenvalue weighted by atomic mass is 32.2. The van der Waals surface area contributed by atoms with Crippen LogP contribution >= 0.6 is 0 Å². The zero-order valence-electron chi connectivity index (χ0n) is 18.9. The third-order valence-electron chi connectivity index (χ3n) is 6.86. The molecular weight excluding hydrogens is 448 g/mol. The zero-order chi connectivity index (χ0) is 23.8. The number of aryl methyl sites for hydroxylation is 1. The van der Waals surface area contributed by atoms with Gasteiger partial charge >= 0.3 is 6.03 Å². The lowest BCUT2D eigenvalue weighted by Gasteiger charge is -2.36. The summed E-state index contributed by atoms with van der Waals surface area (Å²) in [4.78, 5) is 39.3. The van der Waals surface area contributed by atoms with Crippen LogP contribution in [0.25, 0.3) is 0 Å². The summed E-state index contributed by atoms with van der Waals surface area (Å²) in [6.45, 7) is 4.41. The molecule has 3 aliphatic rings. The van der Waals surface area contributed by atoms with E-state index < -0.39 is 34.0 Å². The van der Waals surface area contributed by atoms with E-state index in [1.165, 1.54) is 10.4 Å². The van der Waals surface area contributed by atoms with Crippen molar-refractivity contribution in [3.8, 4) is 0 Å². The Bertz CT molecular complexity index is 1070. The molecule has 1 aliphatic carbocycles. The summed E-state index contributed by atoms with van der Waals surface area (Å²) >= 11 is 0. The van der Waals surface area contributed by atoms with Crippen molar-refractivity contribution in [1.29, 1.82) is 0 Å². The lowest BCUT2D eigenvalue weighted by Crippen LogP contribution is -2.54. The maximum atomic E-state index is 13.1. The number of morpholine rings is 1. The number of nitrogens with one attached hydrogen (secondary N) is 2. The summed E-state index contributed by atoms with van der Waals surface area (Å²) < 4.78 is 32.7. The number of nitrogens with zero attached hydrogens (tertiary/aromatic N) is 2. The number of carbonyl (C=O) groups is 3. The van der Waals surface area contributed by atoms with Crippen molar-refractivity contribution in [1.82, 2.24) is 14.5 Å². The van der Waals surface area contributed by atoms with Gasteiger partial charge in [-0.3, -0.25) is 14.5 Å². The van der Waals surface area contributed by atoms with Crippen LogP contribution in [0.1, 0.15) is 38.2 Å². The molecule has 1 aromatic rings. The molecule has 0 aromatic heterocycles. The van der Waals surface area contributed by atoms with Crippen LogP contribution in [0.4, 0.5) is 10.5 Å². The number of hydrogen-bond acceptors (Lipinski definition) is 6. The molecule has 1 saturated carbocycles. The highest BCUT2D eigenvalue weighted by Gasteiger charge is 2.55. The molecule has 0 radical (unpaired) electrons. The molecule has 11 heteroatoms. The van der Waals surface area contributed by atoms with Gasteiger partial charge in [-0.2, -0.15) is 4.31 Å². The second-order valence-corrected chi connectivity index (χ2v) is 10.9. The van der Waals surface area contributed by atoms with Crippen molar-refractivity contribution >= 4 is 33.6 Å². The molecule has 33 heavy (non-hydrogen) atoms. The van der Waals surface area contributed by atoms with E-state index in [0.29, 0.717) is 25.2 Å². The van der Waals surface area contributed by atoms with Crippen LogP contribution in [-0.2, 0) is 24.3 Å². The minimum Gasteiger partial charge on any atom is -0.379 e. The summed E-state index contributed by atoms with van der Waals surface area (Å²) in [6.07, 6.45) is 3.27. The van der Waals surface area contributed by atoms with E-state index >= 15 is 0 Å². The Morgan fingerprint density at radius 3 is 2.67 bits per heavy atom. The van der Waals surface area contributed by atoms with Gasteiger partial charge in [-0.15, -0.1) is 0 Å². The number of anilines is 1. The highest BCUT2D eigenvalue weighted by molar-refractivity contribution is 7.89. The highest BCUT2D eigenvalue weighted by Crippen LogP contribution is 2.38. The Balaban J connectivity index is 1.47. The largest absolute Gasteiger partial charge is 0.379 e. The molecule has 1 spiro atoms. The SMILES string of the molecule is Cc1ccc(NC(=O)CN2C(=O)N[C@]3(CCCC[C@@H]3C)C2=O)cc1S(=O)(=O)N1CCOCC1. The van der Waals surface area contributed by atoms with Crippen molar-refractivity contribution < 1.29 is 27.5 Å². The minimum absolute atomic E-state index is 0.000752. The number of rotatable bonds is 5. The Morgan fingerprint density at radius 2 is 1.97 bits per heavy atom. The van der Waals surface area contributed by atoms with E-state index in [9.17, 15) is 22.8 Å². The fourth-order valence-corrected chi connectivity index (χ4v) is 6.52. The van der Waals surface area contributed by atoms with E-state index in [2.05, 4.69) is 10.6 Å². The lowest BCUT2D eigenvalue weighted by atomic mass is 9.73. The van der Waals surface area contributed by atoms with E-state index in [-0.39, 0.29) is 35.5 Å². The number of ether oxygens (including phenoxy) is 1. The van der Waals surface area contributed by atoms with Gasteiger partial charge in [0.05, 0.1) is 18.1 Å². The summed E-state index contributed by atoms with van der Waals surface area (Å²) in [5, 5.41) is 5.46. The molecule has 1 aromatic carbocycles. The van der Waals surface area contributed by atoms with Crippen molar-refractivity contribution in [3.05, 3.63) is 23.8 Å². The minimum atomic E-state index is -3.74. The van der Waals surface area contributed by atoms with Gasteiger partial charge in [0.1, 0.15) is 12.1 Å². The molecule has 4 amide bonds. The van der Waals surface area contributed by atoms with E-state index in [1.54, 1.807) is 19.1 Å². The van der Waals surface area contributed by atoms with Gasteiger partial charge in [0.2, 0.25) is 15.9 Å². The number of carbonyl (C=O) groups excluding carboxylic acids is 3. The Morgan fingerprint density at radius 1 is 1.24 bits per heavy atom. The van der Waals surface area contributed by atoms with Crippen molar-refractivity contribution in [2.45, 2.75) is 50.0 Å². The molecule has 2 saturated heterocycles. The summed E-state index contributed by atoms with van der Waals surface area (Å²) in [6, 6.07) is 4.06. The smallest absolute Gasteiger partial charge is 0.325 e. The van der Waals surface area contributed by atoms with Crippen molar-refractivity contribution in [2.75, 3.05) is 38.2 Å². The van der Waals surface area contributed by atoms with Crippen LogP contribution in [0.5, 0.6) is 0 Å². The van der Waals surface area contributed by atoms with E-state index in [0.717, 1.165) is 24.2 Å². The average Bonchev–Trinajstić information content (AvgIpc) is 3.02. The topological polar surface area (TPSA) is 125 Å². The number of urea groups is 1. The molecule has 4 rings (SSSR count).